The van der Waals surface area contributed by atoms with Gasteiger partial charge in [0.15, 0.2) is 0 Å². The van der Waals surface area contributed by atoms with Gasteiger partial charge in [-0.3, -0.25) is 4.79 Å². The molecule has 1 aromatic carbocycles. The van der Waals surface area contributed by atoms with E-state index >= 15 is 0 Å². The van der Waals surface area contributed by atoms with Crippen LogP contribution in [0.15, 0.2) is 30.3 Å². The normalized spacial score (nSPS) is 27.0. The summed E-state index contributed by atoms with van der Waals surface area (Å²) >= 11 is 0. The zero-order valence-corrected chi connectivity index (χ0v) is 16.0. The molecule has 3 aliphatic rings. The smallest absolute Gasteiger partial charge is 0.222 e. The summed E-state index contributed by atoms with van der Waals surface area (Å²) in [6.45, 7) is 7.49. The van der Waals surface area contributed by atoms with Crippen LogP contribution in [0.3, 0.4) is 0 Å². The number of piperidine rings is 3. The summed E-state index contributed by atoms with van der Waals surface area (Å²) in [5.74, 6) is 1.03. The number of likely N-dealkylation sites (tertiary alicyclic amines) is 2. The quantitative estimate of drug-likeness (QED) is 0.902. The molecule has 3 fully saturated rings. The van der Waals surface area contributed by atoms with Crippen molar-refractivity contribution in [2.75, 3.05) is 45.8 Å². The minimum atomic E-state index is 0.380. The summed E-state index contributed by atoms with van der Waals surface area (Å²) in [4.78, 5) is 17.2. The number of carbonyl (C=O) groups excluding carboxylic acids is 1. The number of hydrogen-bond acceptors (Lipinski definition) is 3. The summed E-state index contributed by atoms with van der Waals surface area (Å²) in [5.41, 5.74) is 1.87. The fourth-order valence-electron chi connectivity index (χ4n) is 5.19. The molecule has 4 rings (SSSR count). The van der Waals surface area contributed by atoms with Crippen LogP contribution in [0, 0.1) is 5.41 Å². The zero-order chi connectivity index (χ0) is 17.8. The first-order valence-corrected chi connectivity index (χ1v) is 10.5. The molecule has 0 aliphatic carbocycles. The fraction of sp³-hybridized carbons (Fsp3) is 0.682. The van der Waals surface area contributed by atoms with Crippen molar-refractivity contribution in [1.82, 2.24) is 15.1 Å². The molecular formula is C22H33N3O. The predicted molar refractivity (Wildman–Crippen MR) is 105 cm³/mol. The highest BCUT2D eigenvalue weighted by molar-refractivity contribution is 5.77. The SMILES string of the molecule is O=C1CCC2(CCNCC2)CN1CCN1CCCC(c2ccccc2)C1. The van der Waals surface area contributed by atoms with Crippen molar-refractivity contribution in [3.63, 3.8) is 0 Å². The lowest BCUT2D eigenvalue weighted by Gasteiger charge is -2.45. The molecule has 1 atom stereocenters. The fourth-order valence-corrected chi connectivity index (χ4v) is 5.19. The molecule has 26 heavy (non-hydrogen) atoms. The summed E-state index contributed by atoms with van der Waals surface area (Å²) in [6, 6.07) is 10.9. The van der Waals surface area contributed by atoms with Crippen LogP contribution in [0.5, 0.6) is 0 Å². The van der Waals surface area contributed by atoms with Crippen LogP contribution >= 0.6 is 0 Å². The number of rotatable bonds is 4. The Labute approximate surface area is 157 Å². The third-order valence-corrected chi connectivity index (χ3v) is 6.88. The molecule has 4 heteroatoms. The minimum Gasteiger partial charge on any atom is -0.341 e. The monoisotopic (exact) mass is 355 g/mol. The van der Waals surface area contributed by atoms with E-state index < -0.39 is 0 Å². The second kappa shape index (κ2) is 8.10. The molecule has 1 spiro atoms. The van der Waals surface area contributed by atoms with Crippen molar-refractivity contribution in [1.29, 1.82) is 0 Å². The van der Waals surface area contributed by atoms with Crippen LogP contribution in [0.4, 0.5) is 0 Å². The summed E-state index contributed by atoms with van der Waals surface area (Å²) in [5, 5.41) is 3.47. The van der Waals surface area contributed by atoms with Gasteiger partial charge in [-0.15, -0.1) is 0 Å². The van der Waals surface area contributed by atoms with E-state index in [0.29, 0.717) is 17.2 Å². The first kappa shape index (κ1) is 18.0. The Kier molecular flexibility index (Phi) is 5.60. The molecule has 4 nitrogen and oxygen atoms in total. The number of carbonyl (C=O) groups is 1. The van der Waals surface area contributed by atoms with Gasteiger partial charge in [-0.25, -0.2) is 0 Å². The first-order valence-electron chi connectivity index (χ1n) is 10.5. The average Bonchev–Trinajstić information content (AvgIpc) is 2.70. The van der Waals surface area contributed by atoms with Gasteiger partial charge in [0, 0.05) is 32.6 Å². The van der Waals surface area contributed by atoms with Crippen molar-refractivity contribution in [3.05, 3.63) is 35.9 Å². The summed E-state index contributed by atoms with van der Waals surface area (Å²) in [6.07, 6.45) is 6.88. The Morgan fingerprint density at radius 3 is 2.69 bits per heavy atom. The number of benzene rings is 1. The van der Waals surface area contributed by atoms with E-state index in [2.05, 4.69) is 45.4 Å². The highest BCUT2D eigenvalue weighted by Gasteiger charge is 2.39. The molecule has 1 aromatic rings. The number of amides is 1. The Balaban J connectivity index is 1.32. The van der Waals surface area contributed by atoms with E-state index in [9.17, 15) is 4.79 Å². The van der Waals surface area contributed by atoms with E-state index in [1.165, 1.54) is 37.8 Å². The molecule has 0 bridgehead atoms. The minimum absolute atomic E-state index is 0.380. The number of nitrogens with zero attached hydrogens (tertiary/aromatic N) is 2. The highest BCUT2D eigenvalue weighted by Crippen LogP contribution is 2.38. The van der Waals surface area contributed by atoms with Crippen molar-refractivity contribution in [3.8, 4) is 0 Å². The van der Waals surface area contributed by atoms with E-state index in [0.717, 1.165) is 52.1 Å². The van der Waals surface area contributed by atoms with Crippen molar-refractivity contribution < 1.29 is 4.79 Å². The molecule has 3 saturated heterocycles. The lowest BCUT2D eigenvalue weighted by molar-refractivity contribution is -0.138. The van der Waals surface area contributed by atoms with Gasteiger partial charge in [-0.05, 0) is 68.6 Å². The van der Waals surface area contributed by atoms with Gasteiger partial charge in [0.05, 0.1) is 0 Å². The molecule has 1 N–H and O–H groups in total. The third-order valence-electron chi connectivity index (χ3n) is 6.88. The second-order valence-electron chi connectivity index (χ2n) is 8.62. The maximum absolute atomic E-state index is 12.5. The van der Waals surface area contributed by atoms with Crippen LogP contribution in [0.1, 0.15) is 50.0 Å². The Morgan fingerprint density at radius 1 is 1.08 bits per heavy atom. The lowest BCUT2D eigenvalue weighted by atomic mass is 9.73. The predicted octanol–water partition coefficient (Wildman–Crippen LogP) is 2.86. The number of nitrogens with one attached hydrogen (secondary N) is 1. The lowest BCUT2D eigenvalue weighted by Crippen LogP contribution is -2.52. The van der Waals surface area contributed by atoms with Gasteiger partial charge in [0.1, 0.15) is 0 Å². The Morgan fingerprint density at radius 2 is 1.88 bits per heavy atom. The van der Waals surface area contributed by atoms with Gasteiger partial charge in [0.2, 0.25) is 5.91 Å². The highest BCUT2D eigenvalue weighted by atomic mass is 16.2. The van der Waals surface area contributed by atoms with Gasteiger partial charge in [-0.1, -0.05) is 30.3 Å². The molecule has 3 heterocycles. The topological polar surface area (TPSA) is 35.6 Å². The molecule has 0 saturated carbocycles. The zero-order valence-electron chi connectivity index (χ0n) is 16.0. The largest absolute Gasteiger partial charge is 0.341 e. The summed E-state index contributed by atoms with van der Waals surface area (Å²) in [7, 11) is 0. The van der Waals surface area contributed by atoms with Crippen molar-refractivity contribution in [2.24, 2.45) is 5.41 Å². The standard InChI is InChI=1S/C22H33N3O/c26-21-8-9-22(10-12-23-13-11-22)18-25(21)16-15-24-14-4-7-20(17-24)19-5-2-1-3-6-19/h1-3,5-6,20,23H,4,7-18H2. The molecular weight excluding hydrogens is 322 g/mol. The van der Waals surface area contributed by atoms with Crippen LogP contribution in [0.25, 0.3) is 0 Å². The molecule has 1 amide bonds. The van der Waals surface area contributed by atoms with E-state index in [-0.39, 0.29) is 0 Å². The molecule has 3 aliphatic heterocycles. The molecule has 1 unspecified atom stereocenters. The number of hydrogen-bond donors (Lipinski definition) is 1. The van der Waals surface area contributed by atoms with Crippen LogP contribution in [-0.4, -0.2) is 61.5 Å². The van der Waals surface area contributed by atoms with E-state index in [4.69, 9.17) is 0 Å². The maximum atomic E-state index is 12.5. The van der Waals surface area contributed by atoms with Crippen LogP contribution in [0.2, 0.25) is 0 Å². The van der Waals surface area contributed by atoms with Gasteiger partial charge >= 0.3 is 0 Å². The van der Waals surface area contributed by atoms with Crippen LogP contribution < -0.4 is 5.32 Å². The third kappa shape index (κ3) is 4.12. The van der Waals surface area contributed by atoms with Gasteiger partial charge < -0.3 is 15.1 Å². The van der Waals surface area contributed by atoms with Crippen LogP contribution in [-0.2, 0) is 4.79 Å². The summed E-state index contributed by atoms with van der Waals surface area (Å²) < 4.78 is 0. The first-order chi connectivity index (χ1) is 12.7. The van der Waals surface area contributed by atoms with E-state index in [1.54, 1.807) is 0 Å². The van der Waals surface area contributed by atoms with Crippen molar-refractivity contribution >= 4 is 5.91 Å². The van der Waals surface area contributed by atoms with Gasteiger partial charge in [-0.2, -0.15) is 0 Å². The molecule has 0 radical (unpaired) electrons. The molecule has 142 valence electrons. The van der Waals surface area contributed by atoms with Crippen molar-refractivity contribution in [2.45, 2.75) is 44.4 Å². The van der Waals surface area contributed by atoms with Gasteiger partial charge in [0.25, 0.3) is 0 Å². The van der Waals surface area contributed by atoms with E-state index in [1.807, 2.05) is 0 Å². The Bertz CT molecular complexity index is 597. The Hall–Kier alpha value is -1.39. The molecule has 0 aromatic heterocycles. The average molecular weight is 356 g/mol. The maximum Gasteiger partial charge on any atom is 0.222 e. The second-order valence-corrected chi connectivity index (χ2v) is 8.62.